The van der Waals surface area contributed by atoms with Crippen molar-refractivity contribution in [2.45, 2.75) is 51.3 Å². The van der Waals surface area contributed by atoms with Crippen molar-refractivity contribution < 1.29 is 9.47 Å². The molecule has 1 fully saturated rings. The fourth-order valence-corrected chi connectivity index (χ4v) is 2.66. The molecule has 0 amide bonds. The zero-order chi connectivity index (χ0) is 13.7. The van der Waals surface area contributed by atoms with Crippen LogP contribution in [0.25, 0.3) is 0 Å². The first-order valence-corrected chi connectivity index (χ1v) is 6.97. The van der Waals surface area contributed by atoms with E-state index in [1.165, 1.54) is 6.42 Å². The van der Waals surface area contributed by atoms with Crippen LogP contribution in [0.4, 0.5) is 0 Å². The standard InChI is InChI=1S/C13H24N4O2/c1-3-17-13(12(18-2)9-15-17)11(16-14)7-6-10-5-4-8-19-10/h9-11,16H,3-8,14H2,1-2H3. The van der Waals surface area contributed by atoms with Crippen LogP contribution >= 0.6 is 0 Å². The second-order valence-corrected chi connectivity index (χ2v) is 4.85. The second-order valence-electron chi connectivity index (χ2n) is 4.85. The highest BCUT2D eigenvalue weighted by molar-refractivity contribution is 5.28. The molecule has 0 spiro atoms. The largest absolute Gasteiger partial charge is 0.493 e. The Labute approximate surface area is 114 Å². The van der Waals surface area contributed by atoms with Gasteiger partial charge in [-0.3, -0.25) is 16.0 Å². The lowest BCUT2D eigenvalue weighted by atomic mass is 10.0. The first kappa shape index (κ1) is 14.3. The van der Waals surface area contributed by atoms with E-state index in [-0.39, 0.29) is 6.04 Å². The zero-order valence-electron chi connectivity index (χ0n) is 11.8. The summed E-state index contributed by atoms with van der Waals surface area (Å²) in [6.45, 7) is 3.75. The number of nitrogens with two attached hydrogens (primary N) is 1. The summed E-state index contributed by atoms with van der Waals surface area (Å²) in [6.07, 6.45) is 6.37. The Morgan fingerprint density at radius 1 is 1.68 bits per heavy atom. The summed E-state index contributed by atoms with van der Waals surface area (Å²) >= 11 is 0. The number of aryl methyl sites for hydroxylation is 1. The predicted octanol–water partition coefficient (Wildman–Crippen LogP) is 1.38. The van der Waals surface area contributed by atoms with Gasteiger partial charge in [0.2, 0.25) is 0 Å². The Morgan fingerprint density at radius 2 is 2.53 bits per heavy atom. The van der Waals surface area contributed by atoms with Gasteiger partial charge in [-0.2, -0.15) is 5.10 Å². The van der Waals surface area contributed by atoms with Crippen LogP contribution in [0, 0.1) is 0 Å². The molecule has 2 unspecified atom stereocenters. The Balaban J connectivity index is 2.04. The average Bonchev–Trinajstić information content (AvgIpc) is 3.08. The number of hydrazine groups is 1. The van der Waals surface area contributed by atoms with Crippen LogP contribution in [0.5, 0.6) is 5.75 Å². The van der Waals surface area contributed by atoms with Crippen molar-refractivity contribution in [3.63, 3.8) is 0 Å². The molecule has 1 aromatic rings. The first-order valence-electron chi connectivity index (χ1n) is 6.97. The van der Waals surface area contributed by atoms with Gasteiger partial charge in [0.1, 0.15) is 0 Å². The maximum atomic E-state index is 5.71. The molecule has 1 aliphatic rings. The van der Waals surface area contributed by atoms with Crippen LogP contribution in [-0.4, -0.2) is 29.6 Å². The zero-order valence-corrected chi connectivity index (χ0v) is 11.8. The minimum atomic E-state index is 0.0431. The molecule has 1 saturated heterocycles. The molecule has 0 bridgehead atoms. The van der Waals surface area contributed by atoms with Gasteiger partial charge >= 0.3 is 0 Å². The smallest absolute Gasteiger partial charge is 0.161 e. The van der Waals surface area contributed by atoms with Crippen molar-refractivity contribution >= 4 is 0 Å². The van der Waals surface area contributed by atoms with Gasteiger partial charge in [-0.1, -0.05) is 0 Å². The third kappa shape index (κ3) is 3.26. The van der Waals surface area contributed by atoms with E-state index in [0.717, 1.165) is 43.9 Å². The number of ether oxygens (including phenoxy) is 2. The first-order chi connectivity index (χ1) is 9.30. The maximum Gasteiger partial charge on any atom is 0.161 e. The topological polar surface area (TPSA) is 74.3 Å². The molecule has 0 radical (unpaired) electrons. The molecule has 2 heterocycles. The highest BCUT2D eigenvalue weighted by atomic mass is 16.5. The van der Waals surface area contributed by atoms with E-state index in [2.05, 4.69) is 17.4 Å². The fraction of sp³-hybridized carbons (Fsp3) is 0.769. The van der Waals surface area contributed by atoms with E-state index < -0.39 is 0 Å². The lowest BCUT2D eigenvalue weighted by Crippen LogP contribution is -2.31. The monoisotopic (exact) mass is 268 g/mol. The highest BCUT2D eigenvalue weighted by Crippen LogP contribution is 2.29. The van der Waals surface area contributed by atoms with Gasteiger partial charge in [0, 0.05) is 13.2 Å². The van der Waals surface area contributed by atoms with Crippen LogP contribution in [0.3, 0.4) is 0 Å². The third-order valence-electron chi connectivity index (χ3n) is 3.70. The number of hydrogen-bond acceptors (Lipinski definition) is 5. The van der Waals surface area contributed by atoms with Crippen LogP contribution < -0.4 is 16.0 Å². The highest BCUT2D eigenvalue weighted by Gasteiger charge is 2.23. The summed E-state index contributed by atoms with van der Waals surface area (Å²) in [5, 5.41) is 4.32. The summed E-state index contributed by atoms with van der Waals surface area (Å²) in [4.78, 5) is 0. The number of hydrogen-bond donors (Lipinski definition) is 2. The summed E-state index contributed by atoms with van der Waals surface area (Å²) in [5.74, 6) is 6.50. The van der Waals surface area contributed by atoms with E-state index in [1.54, 1.807) is 13.3 Å². The Kier molecular flexibility index (Phi) is 5.18. The van der Waals surface area contributed by atoms with E-state index in [9.17, 15) is 0 Å². The second kappa shape index (κ2) is 6.88. The molecule has 0 aromatic carbocycles. The van der Waals surface area contributed by atoms with Crippen molar-refractivity contribution in [1.29, 1.82) is 0 Å². The molecule has 6 nitrogen and oxygen atoms in total. The van der Waals surface area contributed by atoms with E-state index in [0.29, 0.717) is 6.10 Å². The lowest BCUT2D eigenvalue weighted by Gasteiger charge is -2.20. The van der Waals surface area contributed by atoms with E-state index in [1.807, 2.05) is 4.68 Å². The van der Waals surface area contributed by atoms with Gasteiger partial charge in [0.15, 0.2) is 5.75 Å². The summed E-state index contributed by atoms with van der Waals surface area (Å²) in [7, 11) is 1.66. The summed E-state index contributed by atoms with van der Waals surface area (Å²) in [5.41, 5.74) is 3.90. The quantitative estimate of drug-likeness (QED) is 0.577. The van der Waals surface area contributed by atoms with Crippen molar-refractivity contribution in [3.8, 4) is 5.75 Å². The normalized spacial score (nSPS) is 20.7. The summed E-state index contributed by atoms with van der Waals surface area (Å²) < 4.78 is 13.0. The number of nitrogens with one attached hydrogen (secondary N) is 1. The lowest BCUT2D eigenvalue weighted by molar-refractivity contribution is 0.0992. The van der Waals surface area contributed by atoms with Crippen LogP contribution in [0.15, 0.2) is 6.20 Å². The number of methoxy groups -OCH3 is 1. The Bertz CT molecular complexity index is 366. The molecular formula is C13H24N4O2. The fourth-order valence-electron chi connectivity index (χ4n) is 2.66. The minimum Gasteiger partial charge on any atom is -0.493 e. The van der Waals surface area contributed by atoms with E-state index >= 15 is 0 Å². The SMILES string of the molecule is CCn1ncc(OC)c1C(CCC1CCCO1)NN. The molecule has 6 heteroatoms. The third-order valence-corrected chi connectivity index (χ3v) is 3.70. The van der Waals surface area contributed by atoms with Gasteiger partial charge in [-0.15, -0.1) is 0 Å². The Hall–Kier alpha value is -1.11. The molecule has 0 aliphatic carbocycles. The number of nitrogens with zero attached hydrogens (tertiary/aromatic N) is 2. The molecule has 1 aliphatic heterocycles. The van der Waals surface area contributed by atoms with Crippen LogP contribution in [0.1, 0.15) is 44.3 Å². The van der Waals surface area contributed by atoms with Crippen molar-refractivity contribution in [2.24, 2.45) is 5.84 Å². The van der Waals surface area contributed by atoms with Gasteiger partial charge in [-0.25, -0.2) is 0 Å². The predicted molar refractivity (Wildman–Crippen MR) is 72.7 cm³/mol. The van der Waals surface area contributed by atoms with Crippen LogP contribution in [0.2, 0.25) is 0 Å². The van der Waals surface area contributed by atoms with Crippen molar-refractivity contribution in [1.82, 2.24) is 15.2 Å². The van der Waals surface area contributed by atoms with Crippen molar-refractivity contribution in [3.05, 3.63) is 11.9 Å². The number of rotatable bonds is 7. The van der Waals surface area contributed by atoms with Gasteiger partial charge < -0.3 is 9.47 Å². The van der Waals surface area contributed by atoms with Gasteiger partial charge in [-0.05, 0) is 32.6 Å². The molecule has 1 aromatic heterocycles. The molecule has 2 rings (SSSR count). The van der Waals surface area contributed by atoms with Gasteiger partial charge in [0.05, 0.1) is 31.1 Å². The number of aromatic nitrogens is 2. The maximum absolute atomic E-state index is 5.71. The van der Waals surface area contributed by atoms with Gasteiger partial charge in [0.25, 0.3) is 0 Å². The van der Waals surface area contributed by atoms with Crippen LogP contribution in [-0.2, 0) is 11.3 Å². The molecule has 3 N–H and O–H groups in total. The molecule has 2 atom stereocenters. The molecule has 108 valence electrons. The van der Waals surface area contributed by atoms with Crippen molar-refractivity contribution in [2.75, 3.05) is 13.7 Å². The molecule has 19 heavy (non-hydrogen) atoms. The average molecular weight is 268 g/mol. The Morgan fingerprint density at radius 3 is 3.11 bits per heavy atom. The molecular weight excluding hydrogens is 244 g/mol. The minimum absolute atomic E-state index is 0.0431. The molecule has 0 saturated carbocycles. The summed E-state index contributed by atoms with van der Waals surface area (Å²) in [6, 6.07) is 0.0431. The van der Waals surface area contributed by atoms with E-state index in [4.69, 9.17) is 15.3 Å².